The van der Waals surface area contributed by atoms with Crippen molar-refractivity contribution in [2.75, 3.05) is 25.0 Å². The Bertz CT molecular complexity index is 1200. The average Bonchev–Trinajstić information content (AvgIpc) is 3.61. The van der Waals surface area contributed by atoms with Crippen LogP contribution >= 0.6 is 22.7 Å². The number of thiophene rings is 2. The van der Waals surface area contributed by atoms with Crippen molar-refractivity contribution >= 4 is 39.5 Å². The quantitative estimate of drug-likeness (QED) is 0.413. The summed E-state index contributed by atoms with van der Waals surface area (Å²) in [7, 11) is 0. The standard InChI is InChI=1S/C23H21N5O2S2/c29-21(19-7-4-10-31-19)27-22-20(17(14-32-22)15-5-2-1-3-6-15)23(30)28-9-8-24-18(13-28)16-11-25-26-12-16/h1-7,10-12,14,18,24H,8-9,13H2,(H,25,26)(H,27,29). The van der Waals surface area contributed by atoms with E-state index >= 15 is 0 Å². The summed E-state index contributed by atoms with van der Waals surface area (Å²) in [6.07, 6.45) is 3.62. The van der Waals surface area contributed by atoms with Crippen LogP contribution in [-0.2, 0) is 0 Å². The molecule has 5 rings (SSSR count). The number of nitrogens with one attached hydrogen (secondary N) is 3. The van der Waals surface area contributed by atoms with Gasteiger partial charge in [0, 0.05) is 42.3 Å². The van der Waals surface area contributed by atoms with Gasteiger partial charge < -0.3 is 15.5 Å². The van der Waals surface area contributed by atoms with Crippen molar-refractivity contribution in [1.82, 2.24) is 20.4 Å². The highest BCUT2D eigenvalue weighted by molar-refractivity contribution is 7.15. The topological polar surface area (TPSA) is 90.1 Å². The number of anilines is 1. The van der Waals surface area contributed by atoms with Gasteiger partial charge in [0.25, 0.3) is 11.8 Å². The van der Waals surface area contributed by atoms with Crippen LogP contribution in [0.1, 0.15) is 31.6 Å². The molecule has 0 bridgehead atoms. The molecule has 4 heterocycles. The Morgan fingerprint density at radius 3 is 2.75 bits per heavy atom. The van der Waals surface area contributed by atoms with Crippen molar-refractivity contribution in [2.45, 2.75) is 6.04 Å². The van der Waals surface area contributed by atoms with Gasteiger partial charge in [-0.3, -0.25) is 14.7 Å². The van der Waals surface area contributed by atoms with Crippen molar-refractivity contribution in [2.24, 2.45) is 0 Å². The predicted molar refractivity (Wildman–Crippen MR) is 127 cm³/mol. The number of hydrogen-bond donors (Lipinski definition) is 3. The Morgan fingerprint density at radius 2 is 2.00 bits per heavy atom. The second kappa shape index (κ2) is 9.07. The molecule has 0 radical (unpaired) electrons. The van der Waals surface area contributed by atoms with Gasteiger partial charge in [0.1, 0.15) is 5.00 Å². The zero-order valence-corrected chi connectivity index (χ0v) is 18.7. The van der Waals surface area contributed by atoms with Crippen LogP contribution in [0.15, 0.2) is 65.6 Å². The summed E-state index contributed by atoms with van der Waals surface area (Å²) in [5.41, 5.74) is 3.34. The molecule has 162 valence electrons. The molecule has 32 heavy (non-hydrogen) atoms. The van der Waals surface area contributed by atoms with E-state index in [4.69, 9.17) is 0 Å². The van der Waals surface area contributed by atoms with E-state index in [0.717, 1.165) is 16.7 Å². The highest BCUT2D eigenvalue weighted by Crippen LogP contribution is 2.37. The molecule has 1 atom stereocenters. The molecule has 1 aromatic carbocycles. The number of amides is 2. The predicted octanol–water partition coefficient (Wildman–Crippen LogP) is 4.24. The SMILES string of the molecule is O=C(Nc1scc(-c2ccccc2)c1C(=O)N1CCNC(c2cn[nH]c2)C1)c1cccs1. The summed E-state index contributed by atoms with van der Waals surface area (Å²) in [4.78, 5) is 29.0. The van der Waals surface area contributed by atoms with Crippen LogP contribution in [0, 0.1) is 0 Å². The summed E-state index contributed by atoms with van der Waals surface area (Å²) in [6, 6.07) is 13.4. The van der Waals surface area contributed by atoms with E-state index in [-0.39, 0.29) is 17.9 Å². The molecule has 1 aliphatic rings. The lowest BCUT2D eigenvalue weighted by atomic mass is 10.0. The molecule has 3 N–H and O–H groups in total. The molecule has 2 amide bonds. The summed E-state index contributed by atoms with van der Waals surface area (Å²) in [6.45, 7) is 1.81. The monoisotopic (exact) mass is 463 g/mol. The van der Waals surface area contributed by atoms with E-state index in [1.165, 1.54) is 22.7 Å². The largest absolute Gasteiger partial charge is 0.335 e. The number of carbonyl (C=O) groups is 2. The van der Waals surface area contributed by atoms with Gasteiger partial charge in [-0.1, -0.05) is 36.4 Å². The smallest absolute Gasteiger partial charge is 0.266 e. The minimum absolute atomic E-state index is 0.00872. The highest BCUT2D eigenvalue weighted by Gasteiger charge is 2.30. The van der Waals surface area contributed by atoms with Crippen LogP contribution in [0.3, 0.4) is 0 Å². The van der Waals surface area contributed by atoms with Crippen LogP contribution in [0.5, 0.6) is 0 Å². The number of rotatable bonds is 5. The van der Waals surface area contributed by atoms with E-state index in [9.17, 15) is 9.59 Å². The van der Waals surface area contributed by atoms with Crippen LogP contribution < -0.4 is 10.6 Å². The van der Waals surface area contributed by atoms with Gasteiger partial charge in [-0.2, -0.15) is 5.10 Å². The van der Waals surface area contributed by atoms with E-state index < -0.39 is 0 Å². The Labute approximate surface area is 193 Å². The normalized spacial score (nSPS) is 16.1. The number of aromatic nitrogens is 2. The lowest BCUT2D eigenvalue weighted by molar-refractivity contribution is 0.0705. The van der Waals surface area contributed by atoms with Gasteiger partial charge >= 0.3 is 0 Å². The molecule has 3 aromatic heterocycles. The first-order chi connectivity index (χ1) is 15.7. The third-order valence-corrected chi connectivity index (χ3v) is 7.21. The van der Waals surface area contributed by atoms with E-state index in [1.807, 2.05) is 58.3 Å². The third kappa shape index (κ3) is 4.10. The Kier molecular flexibility index (Phi) is 5.85. The fourth-order valence-electron chi connectivity index (χ4n) is 3.83. The Balaban J connectivity index is 1.48. The lowest BCUT2D eigenvalue weighted by Gasteiger charge is -2.33. The molecular weight excluding hydrogens is 442 g/mol. The first-order valence-electron chi connectivity index (χ1n) is 10.2. The zero-order chi connectivity index (χ0) is 21.9. The molecule has 4 aromatic rings. The van der Waals surface area contributed by atoms with Gasteiger partial charge in [0.2, 0.25) is 0 Å². The van der Waals surface area contributed by atoms with Crippen molar-refractivity contribution < 1.29 is 9.59 Å². The van der Waals surface area contributed by atoms with Crippen molar-refractivity contribution in [1.29, 1.82) is 0 Å². The minimum Gasteiger partial charge on any atom is -0.335 e. The molecule has 9 heteroatoms. The van der Waals surface area contributed by atoms with Gasteiger partial charge in [-0.25, -0.2) is 0 Å². The molecular formula is C23H21N5O2S2. The molecule has 0 saturated carbocycles. The van der Waals surface area contributed by atoms with Crippen LogP contribution in [0.25, 0.3) is 11.1 Å². The minimum atomic E-state index is -0.202. The maximum atomic E-state index is 13.8. The maximum absolute atomic E-state index is 13.8. The highest BCUT2D eigenvalue weighted by atomic mass is 32.1. The number of nitrogens with zero attached hydrogens (tertiary/aromatic N) is 2. The molecule has 1 fully saturated rings. The van der Waals surface area contributed by atoms with Gasteiger partial charge in [0.05, 0.1) is 22.7 Å². The number of hydrogen-bond acceptors (Lipinski definition) is 6. The number of aromatic amines is 1. The average molecular weight is 464 g/mol. The summed E-state index contributed by atoms with van der Waals surface area (Å²) >= 11 is 2.76. The van der Waals surface area contributed by atoms with Crippen molar-refractivity contribution in [3.8, 4) is 11.1 Å². The molecule has 1 saturated heterocycles. The second-order valence-electron chi connectivity index (χ2n) is 7.44. The number of benzene rings is 1. The summed E-state index contributed by atoms with van der Waals surface area (Å²) in [5.74, 6) is -0.284. The zero-order valence-electron chi connectivity index (χ0n) is 17.1. The summed E-state index contributed by atoms with van der Waals surface area (Å²) < 4.78 is 0. The second-order valence-corrected chi connectivity index (χ2v) is 9.27. The fourth-order valence-corrected chi connectivity index (χ4v) is 5.41. The van der Waals surface area contributed by atoms with Gasteiger partial charge in [-0.15, -0.1) is 22.7 Å². The van der Waals surface area contributed by atoms with Crippen molar-refractivity contribution in [3.63, 3.8) is 0 Å². The number of carbonyl (C=O) groups excluding carboxylic acids is 2. The molecule has 0 aliphatic carbocycles. The van der Waals surface area contributed by atoms with Crippen LogP contribution in [0.2, 0.25) is 0 Å². The molecule has 0 spiro atoms. The van der Waals surface area contributed by atoms with Gasteiger partial charge in [-0.05, 0) is 17.0 Å². The molecule has 1 aliphatic heterocycles. The van der Waals surface area contributed by atoms with Crippen LogP contribution in [0.4, 0.5) is 5.00 Å². The molecule has 7 nitrogen and oxygen atoms in total. The van der Waals surface area contributed by atoms with E-state index in [2.05, 4.69) is 20.8 Å². The first-order valence-corrected chi connectivity index (χ1v) is 12.0. The Hall–Kier alpha value is -3.27. The maximum Gasteiger partial charge on any atom is 0.266 e. The van der Waals surface area contributed by atoms with E-state index in [0.29, 0.717) is 35.1 Å². The van der Waals surface area contributed by atoms with Crippen molar-refractivity contribution in [3.05, 3.63) is 81.6 Å². The summed E-state index contributed by atoms with van der Waals surface area (Å²) in [5, 5.41) is 17.7. The van der Waals surface area contributed by atoms with E-state index in [1.54, 1.807) is 12.3 Å². The third-order valence-electron chi connectivity index (χ3n) is 5.45. The first kappa shape index (κ1) is 20.6. The number of piperazine rings is 1. The van der Waals surface area contributed by atoms with Crippen LogP contribution in [-0.4, -0.2) is 46.5 Å². The van der Waals surface area contributed by atoms with Gasteiger partial charge in [0.15, 0.2) is 0 Å². The Morgan fingerprint density at radius 1 is 1.12 bits per heavy atom. The number of H-pyrrole nitrogens is 1. The fraction of sp³-hybridized carbons (Fsp3) is 0.174. The lowest BCUT2D eigenvalue weighted by Crippen LogP contribution is -2.48. The molecule has 1 unspecified atom stereocenters.